The molecule has 1 unspecified atom stereocenters. The fourth-order valence-electron chi connectivity index (χ4n) is 4.60. The van der Waals surface area contributed by atoms with Crippen LogP contribution in [-0.4, -0.2) is 60.3 Å². The van der Waals surface area contributed by atoms with E-state index in [1.165, 1.54) is 23.8 Å². The number of nitrogen functional groups attached to an aromatic ring is 1. The molecule has 0 spiro atoms. The Balaban J connectivity index is 1.49. The smallest absolute Gasteiger partial charge is 0.223 e. The number of methoxy groups -OCH3 is 1. The van der Waals surface area contributed by atoms with E-state index in [1.54, 1.807) is 18.5 Å². The normalized spacial score (nSPS) is 17.4. The lowest BCUT2D eigenvalue weighted by atomic mass is 10.0. The lowest BCUT2D eigenvalue weighted by Gasteiger charge is -2.23. The van der Waals surface area contributed by atoms with Gasteiger partial charge in [0.05, 0.1) is 36.5 Å². The topological polar surface area (TPSA) is 120 Å². The van der Waals surface area contributed by atoms with Crippen molar-refractivity contribution in [3.05, 3.63) is 36.2 Å². The molecule has 3 N–H and O–H groups in total. The Morgan fingerprint density at radius 1 is 1.26 bits per heavy atom. The maximum atomic E-state index is 14.2. The molecule has 3 aromatic heterocycles. The summed E-state index contributed by atoms with van der Waals surface area (Å²) < 4.78 is 22.8. The van der Waals surface area contributed by atoms with E-state index in [2.05, 4.69) is 20.1 Å². The van der Waals surface area contributed by atoms with Crippen LogP contribution in [0.2, 0.25) is 0 Å². The number of anilines is 2. The zero-order valence-electron chi connectivity index (χ0n) is 19.6. The number of fused-ring (bicyclic) bond motifs is 3. The van der Waals surface area contributed by atoms with Gasteiger partial charge >= 0.3 is 0 Å². The first-order valence-electron chi connectivity index (χ1n) is 11.4. The van der Waals surface area contributed by atoms with Crippen LogP contribution >= 0.6 is 0 Å². The molecule has 0 radical (unpaired) electrons. The van der Waals surface area contributed by atoms with Crippen molar-refractivity contribution in [1.29, 1.82) is 0 Å². The Bertz CT molecular complexity index is 1340. The first kappa shape index (κ1) is 22.3. The van der Waals surface area contributed by atoms with Crippen molar-refractivity contribution < 1.29 is 14.2 Å². The zero-order valence-corrected chi connectivity index (χ0v) is 19.6. The van der Waals surface area contributed by atoms with Crippen LogP contribution in [0.15, 0.2) is 24.5 Å². The van der Waals surface area contributed by atoms with Gasteiger partial charge in [0.25, 0.3) is 0 Å². The first-order valence-corrected chi connectivity index (χ1v) is 11.4. The highest BCUT2D eigenvalue weighted by Gasteiger charge is 2.26. The highest BCUT2D eigenvalue weighted by atomic mass is 19.1. The second kappa shape index (κ2) is 8.39. The summed E-state index contributed by atoms with van der Waals surface area (Å²) >= 11 is 0. The molecule has 0 bridgehead atoms. The third-order valence-electron chi connectivity index (χ3n) is 6.14. The largest absolute Gasteiger partial charge is 0.494 e. The number of nitrogens with two attached hydrogens (primary N) is 1. The number of benzene rings is 1. The Kier molecular flexibility index (Phi) is 5.51. The second-order valence-corrected chi connectivity index (χ2v) is 9.53. The molecule has 0 amide bonds. The molecule has 11 heteroatoms. The number of hydrogen-bond donors (Lipinski definition) is 2. The molecule has 0 aliphatic carbocycles. The molecule has 1 fully saturated rings. The number of ether oxygens (including phenoxy) is 1. The molecule has 5 rings (SSSR count). The van der Waals surface area contributed by atoms with Crippen LogP contribution in [0.1, 0.15) is 44.9 Å². The molecule has 1 aliphatic heterocycles. The average Bonchev–Trinajstić information content (AvgIpc) is 3.35. The minimum Gasteiger partial charge on any atom is -0.494 e. The van der Waals surface area contributed by atoms with Gasteiger partial charge in [-0.3, -0.25) is 4.68 Å². The Hall–Kier alpha value is -3.47. The minimum atomic E-state index is -0.843. The van der Waals surface area contributed by atoms with E-state index in [-0.39, 0.29) is 11.9 Å². The van der Waals surface area contributed by atoms with E-state index in [0.29, 0.717) is 41.2 Å². The highest BCUT2D eigenvalue weighted by molar-refractivity contribution is 5.95. The molecular weight excluding hydrogens is 439 g/mol. The van der Waals surface area contributed by atoms with Crippen molar-refractivity contribution in [1.82, 2.24) is 29.4 Å². The van der Waals surface area contributed by atoms with Gasteiger partial charge in [-0.05, 0) is 32.8 Å². The van der Waals surface area contributed by atoms with Crippen molar-refractivity contribution >= 4 is 28.2 Å². The summed E-state index contributed by atoms with van der Waals surface area (Å²) in [7, 11) is 1.47. The third kappa shape index (κ3) is 4.23. The van der Waals surface area contributed by atoms with E-state index >= 15 is 0 Å². The summed E-state index contributed by atoms with van der Waals surface area (Å²) in [4.78, 5) is 11.5. The van der Waals surface area contributed by atoms with Gasteiger partial charge in [-0.2, -0.15) is 9.61 Å². The van der Waals surface area contributed by atoms with Crippen LogP contribution in [0.4, 0.5) is 16.0 Å². The second-order valence-electron chi connectivity index (χ2n) is 9.53. The van der Waals surface area contributed by atoms with Crippen LogP contribution in [0.25, 0.3) is 16.6 Å². The monoisotopic (exact) mass is 468 g/mol. The van der Waals surface area contributed by atoms with Crippen molar-refractivity contribution in [2.45, 2.75) is 51.2 Å². The van der Waals surface area contributed by atoms with Gasteiger partial charge in [-0.15, -0.1) is 5.10 Å². The van der Waals surface area contributed by atoms with Gasteiger partial charge in [0.2, 0.25) is 5.95 Å². The average molecular weight is 469 g/mol. The predicted molar refractivity (Wildman–Crippen MR) is 127 cm³/mol. The van der Waals surface area contributed by atoms with E-state index in [9.17, 15) is 9.50 Å². The molecule has 34 heavy (non-hydrogen) atoms. The molecule has 1 aliphatic rings. The first-order chi connectivity index (χ1) is 16.2. The predicted octanol–water partition coefficient (Wildman–Crippen LogP) is 2.75. The summed E-state index contributed by atoms with van der Waals surface area (Å²) in [5.41, 5.74) is 7.26. The number of halogens is 1. The van der Waals surface area contributed by atoms with E-state index in [1.807, 2.05) is 12.4 Å². The van der Waals surface area contributed by atoms with Gasteiger partial charge < -0.3 is 20.5 Å². The molecule has 0 saturated carbocycles. The van der Waals surface area contributed by atoms with Crippen molar-refractivity contribution in [3.63, 3.8) is 0 Å². The third-order valence-corrected chi connectivity index (χ3v) is 6.14. The molecule has 1 atom stereocenters. The Morgan fingerprint density at radius 3 is 2.85 bits per heavy atom. The van der Waals surface area contributed by atoms with Crippen LogP contribution in [-0.2, 0) is 6.54 Å². The zero-order chi connectivity index (χ0) is 24.0. The van der Waals surface area contributed by atoms with E-state index in [4.69, 9.17) is 15.5 Å². The standard InChI is InChI=1S/C23H29FN8O2/c1-23(2,33)13-31-12-16(10-26-31)30-7-5-4-6-14(11-30)20-28-21-17-8-15(24)9-18(34-3)19(17)27-22(25)32(21)29-20/h8-10,12,14,33H,4-7,11,13H2,1-3H3,(H2,25,27). The van der Waals surface area contributed by atoms with Crippen LogP contribution in [0, 0.1) is 5.82 Å². The minimum absolute atomic E-state index is 0.0601. The highest BCUT2D eigenvalue weighted by Crippen LogP contribution is 2.32. The quantitative estimate of drug-likeness (QED) is 0.459. The molecule has 4 aromatic rings. The van der Waals surface area contributed by atoms with Crippen LogP contribution < -0.4 is 15.4 Å². The van der Waals surface area contributed by atoms with Crippen molar-refractivity contribution in [2.24, 2.45) is 0 Å². The van der Waals surface area contributed by atoms with E-state index < -0.39 is 11.4 Å². The fraction of sp³-hybridized carbons (Fsp3) is 0.478. The fourth-order valence-corrected chi connectivity index (χ4v) is 4.60. The lowest BCUT2D eigenvalue weighted by molar-refractivity contribution is 0.0577. The van der Waals surface area contributed by atoms with Gasteiger partial charge in [0.1, 0.15) is 17.1 Å². The number of rotatable bonds is 5. The molecule has 180 valence electrons. The van der Waals surface area contributed by atoms with Crippen LogP contribution in [0.3, 0.4) is 0 Å². The SMILES string of the molecule is COc1cc(F)cc2c1nc(N)n1nc(C3CCCCN(c4cnn(CC(C)(C)O)c4)C3)nc21. The summed E-state index contributed by atoms with van der Waals surface area (Å²) in [6, 6.07) is 2.67. The number of aliphatic hydroxyl groups is 1. The maximum Gasteiger partial charge on any atom is 0.223 e. The molecule has 4 heterocycles. The number of aromatic nitrogens is 6. The summed E-state index contributed by atoms with van der Waals surface area (Å²) in [6.07, 6.45) is 6.78. The number of hydrogen-bond acceptors (Lipinski definition) is 8. The van der Waals surface area contributed by atoms with Gasteiger partial charge in [0.15, 0.2) is 11.5 Å². The Morgan fingerprint density at radius 2 is 2.09 bits per heavy atom. The van der Waals surface area contributed by atoms with Gasteiger partial charge in [-0.25, -0.2) is 14.4 Å². The van der Waals surface area contributed by atoms with Crippen molar-refractivity contribution in [3.8, 4) is 5.75 Å². The number of nitrogens with zero attached hydrogens (tertiary/aromatic N) is 7. The van der Waals surface area contributed by atoms with Gasteiger partial charge in [-0.1, -0.05) is 6.42 Å². The molecule has 1 saturated heterocycles. The van der Waals surface area contributed by atoms with Crippen LogP contribution in [0.5, 0.6) is 5.75 Å². The summed E-state index contributed by atoms with van der Waals surface area (Å²) in [5, 5.41) is 19.7. The molecular formula is C23H29FN8O2. The Labute approximate surface area is 196 Å². The molecule has 10 nitrogen and oxygen atoms in total. The maximum absolute atomic E-state index is 14.2. The van der Waals surface area contributed by atoms with E-state index in [0.717, 1.165) is 31.5 Å². The van der Waals surface area contributed by atoms with Crippen molar-refractivity contribution in [2.75, 3.05) is 30.8 Å². The van der Waals surface area contributed by atoms with Gasteiger partial charge in [0, 0.05) is 31.3 Å². The summed E-state index contributed by atoms with van der Waals surface area (Å²) in [5.74, 6) is 0.748. The lowest BCUT2D eigenvalue weighted by Crippen LogP contribution is -2.28. The molecule has 1 aromatic carbocycles. The summed E-state index contributed by atoms with van der Waals surface area (Å²) in [6.45, 7) is 5.55.